The second kappa shape index (κ2) is 7.29. The van der Waals surface area contributed by atoms with Gasteiger partial charge in [-0.15, -0.1) is 0 Å². The first-order valence-corrected chi connectivity index (χ1v) is 8.35. The van der Waals surface area contributed by atoms with E-state index in [0.717, 1.165) is 24.2 Å². The third-order valence-electron chi connectivity index (χ3n) is 4.28. The number of nitrogens with one attached hydrogen (secondary N) is 2. The number of rotatable bonds is 4. The molecule has 6 nitrogen and oxygen atoms in total. The maximum Gasteiger partial charge on any atom is 0.320 e. The molecule has 126 valence electrons. The first-order chi connectivity index (χ1) is 11.6. The minimum atomic E-state index is -0.218. The molecule has 1 atom stereocenters. The predicted molar refractivity (Wildman–Crippen MR) is 94.6 cm³/mol. The summed E-state index contributed by atoms with van der Waals surface area (Å²) in [7, 11) is 1.80. The lowest BCUT2D eigenvalue weighted by Gasteiger charge is -2.21. The molecule has 3 rings (SSSR count). The first-order valence-electron chi connectivity index (χ1n) is 8.35. The number of hydrogen-bond acceptors (Lipinski definition) is 3. The highest BCUT2D eigenvalue weighted by molar-refractivity contribution is 5.89. The predicted octanol–water partition coefficient (Wildman–Crippen LogP) is 3.49. The number of hydrogen-bond donors (Lipinski definition) is 2. The molecule has 0 fully saturated rings. The van der Waals surface area contributed by atoms with E-state index in [-0.39, 0.29) is 12.1 Å². The summed E-state index contributed by atoms with van der Waals surface area (Å²) < 4.78 is 1.65. The van der Waals surface area contributed by atoms with Crippen LogP contribution in [-0.2, 0) is 7.05 Å². The van der Waals surface area contributed by atoms with Crippen molar-refractivity contribution < 1.29 is 4.79 Å². The Hall–Kier alpha value is -2.63. The van der Waals surface area contributed by atoms with Crippen LogP contribution in [-0.4, -0.2) is 26.8 Å². The summed E-state index contributed by atoms with van der Waals surface area (Å²) in [6.07, 6.45) is 8.60. The Kier molecular flexibility index (Phi) is 4.93. The van der Waals surface area contributed by atoms with Crippen LogP contribution in [0, 0.1) is 0 Å². The summed E-state index contributed by atoms with van der Waals surface area (Å²) in [5, 5.41) is 10.3. The molecule has 1 aliphatic rings. The molecule has 2 aromatic heterocycles. The van der Waals surface area contributed by atoms with Crippen molar-refractivity contribution in [2.24, 2.45) is 7.05 Å². The molecule has 0 aromatic carbocycles. The second-order valence-electron chi connectivity index (χ2n) is 6.10. The van der Waals surface area contributed by atoms with Crippen LogP contribution >= 0.6 is 0 Å². The third kappa shape index (κ3) is 3.82. The molecule has 2 heterocycles. The van der Waals surface area contributed by atoms with Crippen LogP contribution in [0.5, 0.6) is 0 Å². The summed E-state index contributed by atoms with van der Waals surface area (Å²) in [4.78, 5) is 16.5. The van der Waals surface area contributed by atoms with Crippen LogP contribution in [0.3, 0.4) is 0 Å². The Morgan fingerprint density at radius 3 is 2.88 bits per heavy atom. The molecular weight excluding hydrogens is 302 g/mol. The smallest absolute Gasteiger partial charge is 0.320 e. The molecule has 0 spiro atoms. The number of pyridine rings is 1. The number of amides is 2. The number of carbonyl (C=O) groups excluding carboxylic acids is 1. The molecular formula is C18H23N5O. The van der Waals surface area contributed by atoms with Gasteiger partial charge in [0.05, 0.1) is 5.69 Å². The summed E-state index contributed by atoms with van der Waals surface area (Å²) >= 11 is 0. The molecule has 0 bridgehead atoms. The van der Waals surface area contributed by atoms with Gasteiger partial charge in [-0.3, -0.25) is 15.0 Å². The fraction of sp³-hybridized carbons (Fsp3) is 0.389. The topological polar surface area (TPSA) is 71.8 Å². The summed E-state index contributed by atoms with van der Waals surface area (Å²) in [5.74, 6) is 0.637. The third-order valence-corrected chi connectivity index (χ3v) is 4.28. The largest absolute Gasteiger partial charge is 0.332 e. The normalized spacial score (nSPS) is 15.5. The van der Waals surface area contributed by atoms with Crippen molar-refractivity contribution in [3.63, 3.8) is 0 Å². The van der Waals surface area contributed by atoms with Crippen LogP contribution in [0.1, 0.15) is 32.6 Å². The van der Waals surface area contributed by atoms with E-state index >= 15 is 0 Å². The van der Waals surface area contributed by atoms with Gasteiger partial charge < -0.3 is 5.32 Å². The molecule has 0 saturated heterocycles. The first kappa shape index (κ1) is 16.2. The van der Waals surface area contributed by atoms with E-state index in [0.29, 0.717) is 5.82 Å². The fourth-order valence-corrected chi connectivity index (χ4v) is 2.92. The van der Waals surface area contributed by atoms with Gasteiger partial charge in [0.2, 0.25) is 0 Å². The van der Waals surface area contributed by atoms with Gasteiger partial charge in [0.15, 0.2) is 0 Å². The standard InChI is InChI=1S/C18H23N5O/c1-13(14-8-4-3-5-9-14)20-18(24)21-17-12-16(22-23(17)2)15-10-6-7-11-19-15/h6-8,10-13H,3-5,9H2,1-2H3,(H2,20,21,24)/t13-/m1/s1. The molecule has 6 heteroatoms. The highest BCUT2D eigenvalue weighted by atomic mass is 16.2. The molecule has 24 heavy (non-hydrogen) atoms. The minimum absolute atomic E-state index is 0.0498. The minimum Gasteiger partial charge on any atom is -0.332 e. The number of aromatic nitrogens is 3. The molecule has 2 N–H and O–H groups in total. The van der Waals surface area contributed by atoms with E-state index < -0.39 is 0 Å². The lowest BCUT2D eigenvalue weighted by atomic mass is 9.95. The number of nitrogens with zero attached hydrogens (tertiary/aromatic N) is 3. The van der Waals surface area contributed by atoms with Gasteiger partial charge in [0.25, 0.3) is 0 Å². The molecule has 2 aromatic rings. The van der Waals surface area contributed by atoms with Crippen LogP contribution in [0.25, 0.3) is 11.4 Å². The van der Waals surface area contributed by atoms with Gasteiger partial charge in [-0.25, -0.2) is 4.79 Å². The Balaban J connectivity index is 1.64. The van der Waals surface area contributed by atoms with Crippen molar-refractivity contribution in [2.75, 3.05) is 5.32 Å². The average Bonchev–Trinajstić information content (AvgIpc) is 2.97. The molecule has 0 aliphatic heterocycles. The molecule has 0 radical (unpaired) electrons. The summed E-state index contributed by atoms with van der Waals surface area (Å²) in [6.45, 7) is 2.03. The van der Waals surface area contributed by atoms with Crippen LogP contribution in [0.2, 0.25) is 0 Å². The Labute approximate surface area is 142 Å². The zero-order valence-corrected chi connectivity index (χ0v) is 14.1. The second-order valence-corrected chi connectivity index (χ2v) is 6.10. The van der Waals surface area contributed by atoms with E-state index in [1.807, 2.05) is 31.2 Å². The quantitative estimate of drug-likeness (QED) is 0.845. The molecule has 1 aliphatic carbocycles. The van der Waals surface area contributed by atoms with Gasteiger partial charge in [0, 0.05) is 25.4 Å². The molecule has 0 unspecified atom stereocenters. The summed E-state index contributed by atoms with van der Waals surface area (Å²) in [6, 6.07) is 7.32. The SMILES string of the molecule is C[C@@H](NC(=O)Nc1cc(-c2ccccn2)nn1C)C1=CCCCC1. The zero-order valence-electron chi connectivity index (χ0n) is 14.1. The molecule has 0 saturated carbocycles. The monoisotopic (exact) mass is 325 g/mol. The van der Waals surface area contributed by atoms with Crippen molar-refractivity contribution in [1.82, 2.24) is 20.1 Å². The summed E-state index contributed by atoms with van der Waals surface area (Å²) in [5.41, 5.74) is 2.83. The Bertz CT molecular complexity index is 735. The highest BCUT2D eigenvalue weighted by Gasteiger charge is 2.15. The fourth-order valence-electron chi connectivity index (χ4n) is 2.92. The van der Waals surface area contributed by atoms with Crippen molar-refractivity contribution in [3.8, 4) is 11.4 Å². The lowest BCUT2D eigenvalue weighted by Crippen LogP contribution is -2.38. The van der Waals surface area contributed by atoms with Crippen molar-refractivity contribution in [1.29, 1.82) is 0 Å². The van der Waals surface area contributed by atoms with E-state index in [1.54, 1.807) is 17.9 Å². The van der Waals surface area contributed by atoms with Crippen molar-refractivity contribution >= 4 is 11.8 Å². The van der Waals surface area contributed by atoms with Gasteiger partial charge >= 0.3 is 6.03 Å². The van der Waals surface area contributed by atoms with E-state index in [9.17, 15) is 4.79 Å². The number of carbonyl (C=O) groups is 1. The maximum absolute atomic E-state index is 12.3. The van der Waals surface area contributed by atoms with Crippen LogP contribution in [0.4, 0.5) is 10.6 Å². The Morgan fingerprint density at radius 1 is 1.29 bits per heavy atom. The number of aryl methyl sites for hydroxylation is 1. The maximum atomic E-state index is 12.3. The van der Waals surface area contributed by atoms with Gasteiger partial charge in [0.1, 0.15) is 11.5 Å². The van der Waals surface area contributed by atoms with Gasteiger partial charge in [-0.2, -0.15) is 5.10 Å². The van der Waals surface area contributed by atoms with Crippen LogP contribution in [0.15, 0.2) is 42.1 Å². The number of urea groups is 1. The average molecular weight is 325 g/mol. The van der Waals surface area contributed by atoms with Crippen molar-refractivity contribution in [2.45, 2.75) is 38.6 Å². The number of allylic oxidation sites excluding steroid dienone is 1. The molecule has 2 amide bonds. The number of anilines is 1. The highest BCUT2D eigenvalue weighted by Crippen LogP contribution is 2.21. The van der Waals surface area contributed by atoms with E-state index in [4.69, 9.17) is 0 Å². The van der Waals surface area contributed by atoms with E-state index in [1.165, 1.54) is 18.4 Å². The zero-order chi connectivity index (χ0) is 16.9. The lowest BCUT2D eigenvalue weighted by molar-refractivity contribution is 0.250. The van der Waals surface area contributed by atoms with Gasteiger partial charge in [-0.05, 0) is 44.7 Å². The van der Waals surface area contributed by atoms with Crippen molar-refractivity contribution in [3.05, 3.63) is 42.1 Å². The Morgan fingerprint density at radius 2 is 2.17 bits per heavy atom. The van der Waals surface area contributed by atoms with Crippen LogP contribution < -0.4 is 10.6 Å². The van der Waals surface area contributed by atoms with E-state index in [2.05, 4.69) is 26.8 Å². The van der Waals surface area contributed by atoms with Gasteiger partial charge in [-0.1, -0.05) is 17.7 Å².